The minimum atomic E-state index is -2.01. The lowest BCUT2D eigenvalue weighted by Crippen LogP contribution is -2.40. The van der Waals surface area contributed by atoms with Gasteiger partial charge in [-0.25, -0.2) is 9.59 Å². The maximum atomic E-state index is 13.7. The maximum absolute atomic E-state index is 13.7. The first-order chi connectivity index (χ1) is 22.1. The quantitative estimate of drug-likeness (QED) is 0.182. The number of hydrogen-bond acceptors (Lipinski definition) is 7. The summed E-state index contributed by atoms with van der Waals surface area (Å²) in [6, 6.07) is 33.2. The van der Waals surface area contributed by atoms with Crippen molar-refractivity contribution in [3.8, 4) is 5.75 Å². The second-order valence-electron chi connectivity index (χ2n) is 12.9. The molecule has 0 radical (unpaired) electrons. The van der Waals surface area contributed by atoms with Crippen LogP contribution < -0.4 is 4.74 Å². The number of aliphatic hydroxyl groups is 1. The van der Waals surface area contributed by atoms with E-state index in [0.717, 1.165) is 38.0 Å². The zero-order valence-electron chi connectivity index (χ0n) is 26.9. The van der Waals surface area contributed by atoms with E-state index in [1.54, 1.807) is 60.7 Å². The Morgan fingerprint density at radius 3 is 2.07 bits per heavy atom. The number of carbonyl (C=O) groups excluding carboxylic acids is 2. The molecule has 1 N–H and O–H groups in total. The van der Waals surface area contributed by atoms with Crippen molar-refractivity contribution in [2.24, 2.45) is 5.92 Å². The first-order valence-corrected chi connectivity index (χ1v) is 15.9. The number of piperidine rings is 1. The van der Waals surface area contributed by atoms with Crippen molar-refractivity contribution in [1.82, 2.24) is 4.90 Å². The lowest BCUT2D eigenvalue weighted by molar-refractivity contribution is -0.164. The van der Waals surface area contributed by atoms with Gasteiger partial charge in [0.25, 0.3) is 0 Å². The normalized spacial score (nSPS) is 15.5. The third-order valence-electron chi connectivity index (χ3n) is 8.14. The van der Waals surface area contributed by atoms with Crippen molar-refractivity contribution in [2.45, 2.75) is 58.0 Å². The third-order valence-corrected chi connectivity index (χ3v) is 8.14. The van der Waals surface area contributed by atoms with E-state index < -0.39 is 17.2 Å². The highest BCUT2D eigenvalue weighted by molar-refractivity contribution is 5.89. The molecule has 0 spiro atoms. The van der Waals surface area contributed by atoms with Crippen LogP contribution in [0.25, 0.3) is 0 Å². The predicted molar refractivity (Wildman–Crippen MR) is 177 cm³/mol. The van der Waals surface area contributed by atoms with Gasteiger partial charge in [0.15, 0.2) is 0 Å². The number of esters is 2. The average Bonchev–Trinajstić information content (AvgIpc) is 3.07. The first-order valence-electron chi connectivity index (χ1n) is 15.9. The average molecular weight is 622 g/mol. The van der Waals surface area contributed by atoms with Gasteiger partial charge in [-0.15, -0.1) is 0 Å². The molecule has 240 valence electrons. The SMILES string of the molecule is CC(C)(C)OC(=O)c1ccc(COc2cccc(C(O)(C(=O)OCC3CCN(Cc4ccccc4)CC3)c3ccccc3)c2)cc1. The number of rotatable bonds is 11. The Morgan fingerprint density at radius 2 is 1.41 bits per heavy atom. The third kappa shape index (κ3) is 8.62. The van der Waals surface area contributed by atoms with E-state index in [2.05, 4.69) is 29.2 Å². The molecule has 46 heavy (non-hydrogen) atoms. The lowest BCUT2D eigenvalue weighted by Gasteiger charge is -2.33. The van der Waals surface area contributed by atoms with Crippen molar-refractivity contribution in [3.05, 3.63) is 137 Å². The number of likely N-dealkylation sites (tertiary alicyclic amines) is 1. The summed E-state index contributed by atoms with van der Waals surface area (Å²) < 4.78 is 17.3. The molecule has 0 saturated carbocycles. The Morgan fingerprint density at radius 1 is 0.783 bits per heavy atom. The van der Waals surface area contributed by atoms with E-state index in [0.29, 0.717) is 22.4 Å². The van der Waals surface area contributed by atoms with Crippen molar-refractivity contribution < 1.29 is 28.9 Å². The van der Waals surface area contributed by atoms with Crippen molar-refractivity contribution in [2.75, 3.05) is 19.7 Å². The van der Waals surface area contributed by atoms with Gasteiger partial charge in [-0.1, -0.05) is 84.9 Å². The van der Waals surface area contributed by atoms with Gasteiger partial charge >= 0.3 is 11.9 Å². The van der Waals surface area contributed by atoms with E-state index >= 15 is 0 Å². The van der Waals surface area contributed by atoms with E-state index in [-0.39, 0.29) is 25.1 Å². The zero-order chi connectivity index (χ0) is 32.6. The van der Waals surface area contributed by atoms with Crippen LogP contribution in [-0.4, -0.2) is 47.2 Å². The fraction of sp³-hybridized carbons (Fsp3) is 0.333. The summed E-state index contributed by atoms with van der Waals surface area (Å²) in [4.78, 5) is 28.5. The highest BCUT2D eigenvalue weighted by atomic mass is 16.6. The van der Waals surface area contributed by atoms with Crippen LogP contribution in [0.15, 0.2) is 109 Å². The highest BCUT2D eigenvalue weighted by Gasteiger charge is 2.42. The highest BCUT2D eigenvalue weighted by Crippen LogP contribution is 2.34. The summed E-state index contributed by atoms with van der Waals surface area (Å²) in [6.45, 7) is 8.76. The largest absolute Gasteiger partial charge is 0.489 e. The molecule has 4 aromatic rings. The van der Waals surface area contributed by atoms with Crippen LogP contribution in [-0.2, 0) is 33.0 Å². The van der Waals surface area contributed by atoms with Crippen LogP contribution in [0.4, 0.5) is 0 Å². The minimum absolute atomic E-state index is 0.229. The van der Waals surface area contributed by atoms with Gasteiger partial charge in [-0.05, 0) is 93.6 Å². The summed E-state index contributed by atoms with van der Waals surface area (Å²) in [5, 5.41) is 12.0. The Labute approximate surface area is 271 Å². The van der Waals surface area contributed by atoms with E-state index in [9.17, 15) is 14.7 Å². The molecule has 0 aliphatic carbocycles. The maximum Gasteiger partial charge on any atom is 0.347 e. The molecule has 4 aromatic carbocycles. The second-order valence-corrected chi connectivity index (χ2v) is 12.9. The Hall–Kier alpha value is -4.46. The molecule has 7 heteroatoms. The van der Waals surface area contributed by atoms with Gasteiger partial charge in [-0.2, -0.15) is 0 Å². The molecule has 1 atom stereocenters. The van der Waals surface area contributed by atoms with Gasteiger partial charge < -0.3 is 19.3 Å². The molecular weight excluding hydrogens is 578 g/mol. The van der Waals surface area contributed by atoms with E-state index in [4.69, 9.17) is 14.2 Å². The number of nitrogens with zero attached hydrogens (tertiary/aromatic N) is 1. The monoisotopic (exact) mass is 621 g/mol. The molecule has 1 aliphatic heterocycles. The Balaban J connectivity index is 1.22. The molecular formula is C39H43NO6. The number of hydrogen-bond donors (Lipinski definition) is 1. The zero-order valence-corrected chi connectivity index (χ0v) is 26.9. The van der Waals surface area contributed by atoms with E-state index in [1.165, 1.54) is 5.56 Å². The van der Waals surface area contributed by atoms with Gasteiger partial charge in [0.1, 0.15) is 18.0 Å². The molecule has 5 rings (SSSR count). The summed E-state index contributed by atoms with van der Waals surface area (Å²) in [7, 11) is 0. The van der Waals surface area contributed by atoms with Crippen LogP contribution in [0.2, 0.25) is 0 Å². The van der Waals surface area contributed by atoms with Crippen molar-refractivity contribution >= 4 is 11.9 Å². The smallest absolute Gasteiger partial charge is 0.347 e. The summed E-state index contributed by atoms with van der Waals surface area (Å²) in [5.74, 6) is -0.373. The van der Waals surface area contributed by atoms with Gasteiger partial charge in [0, 0.05) is 12.1 Å². The van der Waals surface area contributed by atoms with Gasteiger partial charge in [0.2, 0.25) is 5.60 Å². The molecule has 7 nitrogen and oxygen atoms in total. The molecule has 1 aliphatic rings. The Kier molecular flexibility index (Phi) is 10.6. The van der Waals surface area contributed by atoms with Gasteiger partial charge in [-0.3, -0.25) is 4.90 Å². The lowest BCUT2D eigenvalue weighted by atomic mass is 9.86. The van der Waals surface area contributed by atoms with Crippen molar-refractivity contribution in [3.63, 3.8) is 0 Å². The fourth-order valence-electron chi connectivity index (χ4n) is 5.58. The topological polar surface area (TPSA) is 85.3 Å². The minimum Gasteiger partial charge on any atom is -0.489 e. The predicted octanol–water partition coefficient (Wildman–Crippen LogP) is 6.91. The standard InChI is InChI=1S/C39H43NO6/c1-38(2,3)46-36(41)32-19-17-30(18-20-32)27-44-35-16-10-15-34(25-35)39(43,33-13-8-5-9-14-33)37(42)45-28-31-21-23-40(24-22-31)26-29-11-6-4-7-12-29/h4-20,25,31,43H,21-24,26-28H2,1-3H3. The van der Waals surface area contributed by atoms with Crippen LogP contribution in [0.3, 0.4) is 0 Å². The first kappa shape index (κ1) is 32.9. The van der Waals surface area contributed by atoms with Crippen LogP contribution in [0.1, 0.15) is 66.2 Å². The summed E-state index contributed by atoms with van der Waals surface area (Å²) in [5.41, 5.74) is 0.812. The van der Waals surface area contributed by atoms with E-state index in [1.807, 2.05) is 45.0 Å². The number of carbonyl (C=O) groups is 2. The number of benzene rings is 4. The molecule has 1 saturated heterocycles. The van der Waals surface area contributed by atoms with Crippen LogP contribution in [0.5, 0.6) is 5.75 Å². The molecule has 1 fully saturated rings. The van der Waals surface area contributed by atoms with Crippen molar-refractivity contribution in [1.29, 1.82) is 0 Å². The molecule has 1 unspecified atom stereocenters. The van der Waals surface area contributed by atoms with Gasteiger partial charge in [0.05, 0.1) is 12.2 Å². The summed E-state index contributed by atoms with van der Waals surface area (Å²) in [6.07, 6.45) is 1.85. The molecule has 0 amide bonds. The number of ether oxygens (including phenoxy) is 3. The fourth-order valence-corrected chi connectivity index (χ4v) is 5.58. The summed E-state index contributed by atoms with van der Waals surface area (Å²) >= 11 is 0. The second kappa shape index (κ2) is 14.8. The van der Waals surface area contributed by atoms with Crippen LogP contribution in [0, 0.1) is 5.92 Å². The Bertz CT molecular complexity index is 1570. The molecule has 0 bridgehead atoms. The van der Waals surface area contributed by atoms with Crippen LogP contribution >= 0.6 is 0 Å². The molecule has 0 aromatic heterocycles. The molecule has 1 heterocycles.